The Kier molecular flexibility index (Phi) is 4.73. The molecule has 0 spiro atoms. The Bertz CT molecular complexity index is 641. The number of anilines is 1. The number of hydrogen-bond acceptors (Lipinski definition) is 4. The van der Waals surface area contributed by atoms with Crippen LogP contribution in [0.3, 0.4) is 0 Å². The number of nitrogens with zero attached hydrogens (tertiary/aromatic N) is 1. The van der Waals surface area contributed by atoms with Gasteiger partial charge in [-0.15, -0.1) is 0 Å². The lowest BCUT2D eigenvalue weighted by Gasteiger charge is -2.07. The molecule has 108 valence electrons. The molecule has 0 bridgehead atoms. The average molecular weight is 307 g/mol. The maximum atomic E-state index is 11.7. The first-order chi connectivity index (χ1) is 10.0. The minimum atomic E-state index is -0.505. The SMILES string of the molecule is O=C(COc1ccc(Cl)cc1)Nc1ccc([N+](=O)[O-])cc1. The number of nitro benzene ring substituents is 1. The molecule has 2 aromatic rings. The van der Waals surface area contributed by atoms with Crippen molar-refractivity contribution in [1.82, 2.24) is 0 Å². The van der Waals surface area contributed by atoms with E-state index in [9.17, 15) is 14.9 Å². The van der Waals surface area contributed by atoms with Crippen LogP contribution in [0, 0.1) is 10.1 Å². The lowest BCUT2D eigenvalue weighted by molar-refractivity contribution is -0.384. The number of hydrogen-bond donors (Lipinski definition) is 1. The number of nitro groups is 1. The first-order valence-corrected chi connectivity index (χ1v) is 6.35. The van der Waals surface area contributed by atoms with E-state index in [-0.39, 0.29) is 18.2 Å². The molecular weight excluding hydrogens is 296 g/mol. The highest BCUT2D eigenvalue weighted by Crippen LogP contribution is 2.17. The first-order valence-electron chi connectivity index (χ1n) is 5.97. The molecule has 21 heavy (non-hydrogen) atoms. The van der Waals surface area contributed by atoms with Crippen LogP contribution in [-0.4, -0.2) is 17.4 Å². The van der Waals surface area contributed by atoms with E-state index in [4.69, 9.17) is 16.3 Å². The molecule has 1 amide bonds. The predicted molar refractivity (Wildman–Crippen MR) is 78.7 cm³/mol. The monoisotopic (exact) mass is 306 g/mol. The summed E-state index contributed by atoms with van der Waals surface area (Å²) in [5.41, 5.74) is 0.427. The molecule has 1 N–H and O–H groups in total. The van der Waals surface area contributed by atoms with Crippen molar-refractivity contribution in [3.8, 4) is 5.75 Å². The molecule has 6 nitrogen and oxygen atoms in total. The lowest BCUT2D eigenvalue weighted by Crippen LogP contribution is -2.20. The molecule has 0 heterocycles. The fourth-order valence-electron chi connectivity index (χ4n) is 1.54. The molecule has 2 aromatic carbocycles. The zero-order valence-electron chi connectivity index (χ0n) is 10.8. The number of amides is 1. The second-order valence-electron chi connectivity index (χ2n) is 4.09. The predicted octanol–water partition coefficient (Wildman–Crippen LogP) is 3.27. The number of carbonyl (C=O) groups excluding carboxylic acids is 1. The van der Waals surface area contributed by atoms with Crippen LogP contribution in [-0.2, 0) is 4.79 Å². The first kappa shape index (κ1) is 14.8. The van der Waals surface area contributed by atoms with Crippen molar-refractivity contribution in [3.05, 3.63) is 63.7 Å². The summed E-state index contributed by atoms with van der Waals surface area (Å²) in [6.07, 6.45) is 0. The Hall–Kier alpha value is -2.60. The zero-order chi connectivity index (χ0) is 15.2. The van der Waals surface area contributed by atoms with E-state index in [1.165, 1.54) is 24.3 Å². The van der Waals surface area contributed by atoms with E-state index in [1.807, 2.05) is 0 Å². The van der Waals surface area contributed by atoms with Crippen LogP contribution in [0.4, 0.5) is 11.4 Å². The van der Waals surface area contributed by atoms with E-state index < -0.39 is 4.92 Å². The number of halogens is 1. The van der Waals surface area contributed by atoms with Gasteiger partial charge in [0.15, 0.2) is 6.61 Å². The maximum absolute atomic E-state index is 11.7. The second kappa shape index (κ2) is 6.71. The average Bonchev–Trinajstić information content (AvgIpc) is 2.47. The van der Waals surface area contributed by atoms with Gasteiger partial charge in [0.05, 0.1) is 4.92 Å². The van der Waals surface area contributed by atoms with Gasteiger partial charge < -0.3 is 10.1 Å². The minimum Gasteiger partial charge on any atom is -0.484 e. The fourth-order valence-corrected chi connectivity index (χ4v) is 1.67. The molecule has 0 saturated heterocycles. The lowest BCUT2D eigenvalue weighted by atomic mass is 10.3. The molecule has 0 aromatic heterocycles. The van der Waals surface area contributed by atoms with Gasteiger partial charge in [-0.3, -0.25) is 14.9 Å². The second-order valence-corrected chi connectivity index (χ2v) is 4.53. The summed E-state index contributed by atoms with van der Waals surface area (Å²) in [6.45, 7) is -0.168. The molecule has 2 rings (SSSR count). The standard InChI is InChI=1S/C14H11ClN2O4/c15-10-1-7-13(8-2-10)21-9-14(18)16-11-3-5-12(6-4-11)17(19)20/h1-8H,9H2,(H,16,18). The number of nitrogens with one attached hydrogen (secondary N) is 1. The summed E-state index contributed by atoms with van der Waals surface area (Å²) in [4.78, 5) is 21.7. The van der Waals surface area contributed by atoms with Gasteiger partial charge in [-0.05, 0) is 36.4 Å². The van der Waals surface area contributed by atoms with Gasteiger partial charge in [0.25, 0.3) is 11.6 Å². The van der Waals surface area contributed by atoms with Gasteiger partial charge in [0.1, 0.15) is 5.75 Å². The number of non-ortho nitro benzene ring substituents is 1. The van der Waals surface area contributed by atoms with Crippen molar-refractivity contribution in [2.45, 2.75) is 0 Å². The molecule has 0 aliphatic carbocycles. The molecule has 0 unspecified atom stereocenters. The Morgan fingerprint density at radius 2 is 1.76 bits per heavy atom. The quantitative estimate of drug-likeness (QED) is 0.679. The molecule has 0 aliphatic heterocycles. The van der Waals surface area contributed by atoms with E-state index in [2.05, 4.69) is 5.32 Å². The van der Waals surface area contributed by atoms with Gasteiger partial charge in [-0.25, -0.2) is 0 Å². The Morgan fingerprint density at radius 3 is 2.33 bits per heavy atom. The van der Waals surface area contributed by atoms with Crippen molar-refractivity contribution in [2.75, 3.05) is 11.9 Å². The van der Waals surface area contributed by atoms with Gasteiger partial charge in [0, 0.05) is 22.8 Å². The third-order valence-electron chi connectivity index (χ3n) is 2.55. The summed E-state index contributed by atoms with van der Waals surface area (Å²) in [5, 5.41) is 13.7. The highest BCUT2D eigenvalue weighted by Gasteiger charge is 2.07. The summed E-state index contributed by atoms with van der Waals surface area (Å²) >= 11 is 5.73. The van der Waals surface area contributed by atoms with Crippen LogP contribution in [0.1, 0.15) is 0 Å². The van der Waals surface area contributed by atoms with E-state index >= 15 is 0 Å². The topological polar surface area (TPSA) is 81.5 Å². The molecular formula is C14H11ClN2O4. The zero-order valence-corrected chi connectivity index (χ0v) is 11.5. The highest BCUT2D eigenvalue weighted by molar-refractivity contribution is 6.30. The molecule has 0 fully saturated rings. The van der Waals surface area contributed by atoms with Crippen molar-refractivity contribution in [3.63, 3.8) is 0 Å². The Morgan fingerprint density at radius 1 is 1.14 bits per heavy atom. The number of carbonyl (C=O) groups is 1. The molecule has 0 saturated carbocycles. The van der Waals surface area contributed by atoms with Crippen molar-refractivity contribution < 1.29 is 14.5 Å². The molecule has 0 radical (unpaired) electrons. The number of ether oxygens (including phenoxy) is 1. The van der Waals surface area contributed by atoms with Crippen molar-refractivity contribution in [2.24, 2.45) is 0 Å². The van der Waals surface area contributed by atoms with Gasteiger partial charge >= 0.3 is 0 Å². The van der Waals surface area contributed by atoms with Crippen LogP contribution in [0.5, 0.6) is 5.75 Å². The number of benzene rings is 2. The van der Waals surface area contributed by atoms with Crippen LogP contribution in [0.25, 0.3) is 0 Å². The molecule has 7 heteroatoms. The Balaban J connectivity index is 1.86. The van der Waals surface area contributed by atoms with Crippen LogP contribution < -0.4 is 10.1 Å². The molecule has 0 aliphatic rings. The van der Waals surface area contributed by atoms with Crippen molar-refractivity contribution in [1.29, 1.82) is 0 Å². The molecule has 0 atom stereocenters. The van der Waals surface area contributed by atoms with Gasteiger partial charge in [0.2, 0.25) is 0 Å². The van der Waals surface area contributed by atoms with Gasteiger partial charge in [-0.2, -0.15) is 0 Å². The fraction of sp³-hybridized carbons (Fsp3) is 0.0714. The largest absolute Gasteiger partial charge is 0.484 e. The Labute approximate surface area is 125 Å². The van der Waals surface area contributed by atoms with Crippen molar-refractivity contribution >= 4 is 28.9 Å². The highest BCUT2D eigenvalue weighted by atomic mass is 35.5. The third kappa shape index (κ3) is 4.47. The third-order valence-corrected chi connectivity index (χ3v) is 2.80. The maximum Gasteiger partial charge on any atom is 0.269 e. The van der Waals surface area contributed by atoms with Crippen LogP contribution >= 0.6 is 11.6 Å². The van der Waals surface area contributed by atoms with Crippen LogP contribution in [0.2, 0.25) is 5.02 Å². The van der Waals surface area contributed by atoms with E-state index in [0.717, 1.165) is 0 Å². The summed E-state index contributed by atoms with van der Waals surface area (Å²) in [5.74, 6) is 0.164. The van der Waals surface area contributed by atoms with E-state index in [1.54, 1.807) is 24.3 Å². The minimum absolute atomic E-state index is 0.0367. The summed E-state index contributed by atoms with van der Waals surface area (Å²) < 4.78 is 5.28. The van der Waals surface area contributed by atoms with Crippen LogP contribution in [0.15, 0.2) is 48.5 Å². The normalized spacial score (nSPS) is 9.95. The smallest absolute Gasteiger partial charge is 0.269 e. The van der Waals surface area contributed by atoms with Gasteiger partial charge in [-0.1, -0.05) is 11.6 Å². The van der Waals surface area contributed by atoms with E-state index in [0.29, 0.717) is 16.5 Å². The summed E-state index contributed by atoms with van der Waals surface area (Å²) in [6, 6.07) is 12.2. The number of rotatable bonds is 5. The summed E-state index contributed by atoms with van der Waals surface area (Å²) in [7, 11) is 0.